The van der Waals surface area contributed by atoms with Crippen molar-refractivity contribution in [1.29, 1.82) is 0 Å². The minimum atomic E-state index is -0.712. The summed E-state index contributed by atoms with van der Waals surface area (Å²) in [6, 6.07) is 4.53. The van der Waals surface area contributed by atoms with E-state index >= 15 is 0 Å². The number of nitrogens with one attached hydrogen (secondary N) is 1. The predicted molar refractivity (Wildman–Crippen MR) is 78.6 cm³/mol. The molecule has 20 heavy (non-hydrogen) atoms. The molecule has 0 fully saturated rings. The third-order valence-electron chi connectivity index (χ3n) is 2.82. The van der Waals surface area contributed by atoms with Gasteiger partial charge in [0.05, 0.1) is 7.11 Å². The number of methoxy groups -OCH3 is 2. The summed E-state index contributed by atoms with van der Waals surface area (Å²) in [5, 5.41) is 2.66. The topological polar surface area (TPSA) is 64.6 Å². The van der Waals surface area contributed by atoms with Crippen LogP contribution >= 0.6 is 15.9 Å². The van der Waals surface area contributed by atoms with E-state index in [4.69, 9.17) is 4.74 Å². The molecule has 0 unspecified atom stereocenters. The summed E-state index contributed by atoms with van der Waals surface area (Å²) < 4.78 is 10.5. The molecular formula is C14H18BrNO4. The second-order valence-corrected chi connectivity index (χ2v) is 5.15. The number of ether oxygens (including phenoxy) is 2. The van der Waals surface area contributed by atoms with Crippen LogP contribution in [0.1, 0.15) is 22.3 Å². The minimum absolute atomic E-state index is 0.313. The lowest BCUT2D eigenvalue weighted by molar-refractivity contribution is -0.143. The molecule has 0 heterocycles. The number of halogens is 1. The second kappa shape index (κ2) is 8.01. The zero-order valence-corrected chi connectivity index (χ0v) is 13.3. The highest BCUT2D eigenvalue weighted by atomic mass is 79.9. The molecule has 1 atom stereocenters. The first-order chi connectivity index (χ1) is 9.49. The van der Waals surface area contributed by atoms with Gasteiger partial charge in [-0.05, 0) is 30.7 Å². The number of rotatable bonds is 6. The largest absolute Gasteiger partial charge is 0.467 e. The van der Waals surface area contributed by atoms with Crippen molar-refractivity contribution in [2.45, 2.75) is 19.4 Å². The molecule has 1 amide bonds. The molecule has 0 aliphatic carbocycles. The molecule has 0 radical (unpaired) electrons. The Kier molecular flexibility index (Phi) is 6.67. The smallest absolute Gasteiger partial charge is 0.328 e. The Morgan fingerprint density at radius 1 is 1.35 bits per heavy atom. The number of amides is 1. The van der Waals surface area contributed by atoms with Crippen molar-refractivity contribution in [1.82, 2.24) is 5.32 Å². The van der Waals surface area contributed by atoms with Crippen LogP contribution in [0.3, 0.4) is 0 Å². The predicted octanol–water partition coefficient (Wildman–Crippen LogP) is 2.07. The number of esters is 1. The van der Waals surface area contributed by atoms with Gasteiger partial charge in [0, 0.05) is 30.2 Å². The third-order valence-corrected chi connectivity index (χ3v) is 3.71. The van der Waals surface area contributed by atoms with Gasteiger partial charge in [0.1, 0.15) is 6.04 Å². The Morgan fingerprint density at radius 2 is 2.05 bits per heavy atom. The van der Waals surface area contributed by atoms with Crippen molar-refractivity contribution in [3.05, 3.63) is 33.8 Å². The molecule has 1 aromatic rings. The summed E-state index contributed by atoms with van der Waals surface area (Å²) in [4.78, 5) is 23.7. The fraction of sp³-hybridized carbons (Fsp3) is 0.429. The van der Waals surface area contributed by atoms with E-state index < -0.39 is 12.0 Å². The van der Waals surface area contributed by atoms with Gasteiger partial charge in [-0.15, -0.1) is 0 Å². The van der Waals surface area contributed by atoms with Gasteiger partial charge in [-0.3, -0.25) is 4.79 Å². The van der Waals surface area contributed by atoms with Crippen LogP contribution in [0, 0.1) is 6.92 Å². The van der Waals surface area contributed by atoms with Crippen LogP contribution in [0.5, 0.6) is 0 Å². The van der Waals surface area contributed by atoms with Gasteiger partial charge >= 0.3 is 5.97 Å². The summed E-state index contributed by atoms with van der Waals surface area (Å²) in [5.74, 6) is -0.795. The lowest BCUT2D eigenvalue weighted by Crippen LogP contribution is -2.42. The van der Waals surface area contributed by atoms with E-state index in [1.165, 1.54) is 14.2 Å². The Balaban J connectivity index is 2.78. The number of hydrogen-bond acceptors (Lipinski definition) is 4. The van der Waals surface area contributed by atoms with E-state index in [-0.39, 0.29) is 5.91 Å². The maximum Gasteiger partial charge on any atom is 0.328 e. The lowest BCUT2D eigenvalue weighted by atomic mass is 10.1. The molecular weight excluding hydrogens is 326 g/mol. The van der Waals surface area contributed by atoms with E-state index in [9.17, 15) is 9.59 Å². The van der Waals surface area contributed by atoms with Gasteiger partial charge in [-0.2, -0.15) is 0 Å². The Morgan fingerprint density at radius 3 is 2.60 bits per heavy atom. The molecule has 0 saturated heterocycles. The summed E-state index contributed by atoms with van der Waals surface area (Å²) in [6.07, 6.45) is 0.365. The Hall–Kier alpha value is -1.40. The SMILES string of the molecule is COCC[C@H](NC(=O)c1ccc(Br)c(C)c1)C(=O)OC. The van der Waals surface area contributed by atoms with Crippen LogP contribution in [-0.2, 0) is 14.3 Å². The zero-order valence-electron chi connectivity index (χ0n) is 11.7. The van der Waals surface area contributed by atoms with Crippen LogP contribution in [0.25, 0.3) is 0 Å². The van der Waals surface area contributed by atoms with Crippen LogP contribution in [0.4, 0.5) is 0 Å². The molecule has 0 spiro atoms. The molecule has 0 aliphatic heterocycles. The molecule has 0 saturated carbocycles. The molecule has 110 valence electrons. The van der Waals surface area contributed by atoms with Crippen molar-refractivity contribution in [3.63, 3.8) is 0 Å². The molecule has 1 aromatic carbocycles. The number of hydrogen-bond donors (Lipinski definition) is 1. The normalized spacial score (nSPS) is 11.8. The first-order valence-corrected chi connectivity index (χ1v) is 6.92. The lowest BCUT2D eigenvalue weighted by Gasteiger charge is -2.16. The van der Waals surface area contributed by atoms with E-state index in [0.29, 0.717) is 18.6 Å². The number of aryl methyl sites for hydroxylation is 1. The Labute approximate surface area is 126 Å². The van der Waals surface area contributed by atoms with Crippen LogP contribution in [-0.4, -0.2) is 38.7 Å². The summed E-state index contributed by atoms with van der Waals surface area (Å²) in [7, 11) is 2.83. The third kappa shape index (κ3) is 4.61. The number of carbonyl (C=O) groups excluding carboxylic acids is 2. The highest BCUT2D eigenvalue weighted by Crippen LogP contribution is 2.17. The molecule has 5 nitrogen and oxygen atoms in total. The molecule has 1 N–H and O–H groups in total. The highest BCUT2D eigenvalue weighted by molar-refractivity contribution is 9.10. The van der Waals surface area contributed by atoms with Crippen molar-refractivity contribution in [2.75, 3.05) is 20.8 Å². The zero-order chi connectivity index (χ0) is 15.1. The summed E-state index contributed by atoms with van der Waals surface area (Å²) >= 11 is 3.38. The summed E-state index contributed by atoms with van der Waals surface area (Å²) in [6.45, 7) is 2.25. The average molecular weight is 344 g/mol. The number of carbonyl (C=O) groups is 2. The van der Waals surface area contributed by atoms with Crippen molar-refractivity contribution in [3.8, 4) is 0 Å². The van der Waals surface area contributed by atoms with Gasteiger partial charge in [-0.1, -0.05) is 15.9 Å². The molecule has 0 aromatic heterocycles. The van der Waals surface area contributed by atoms with E-state index in [1.807, 2.05) is 6.92 Å². The molecule has 0 aliphatic rings. The maximum absolute atomic E-state index is 12.1. The monoisotopic (exact) mass is 343 g/mol. The van der Waals surface area contributed by atoms with Gasteiger partial charge < -0.3 is 14.8 Å². The molecule has 6 heteroatoms. The Bertz CT molecular complexity index is 490. The van der Waals surface area contributed by atoms with Crippen molar-refractivity contribution < 1.29 is 19.1 Å². The fourth-order valence-corrected chi connectivity index (χ4v) is 1.90. The van der Waals surface area contributed by atoms with E-state index in [2.05, 4.69) is 26.0 Å². The van der Waals surface area contributed by atoms with Crippen molar-refractivity contribution >= 4 is 27.8 Å². The van der Waals surface area contributed by atoms with E-state index in [1.54, 1.807) is 18.2 Å². The fourth-order valence-electron chi connectivity index (χ4n) is 1.65. The standard InChI is InChI=1S/C14H18BrNO4/c1-9-8-10(4-5-11(9)15)13(17)16-12(6-7-19-2)14(18)20-3/h4-5,8,12H,6-7H2,1-3H3,(H,16,17)/t12-/m0/s1. The van der Waals surface area contributed by atoms with Crippen molar-refractivity contribution in [2.24, 2.45) is 0 Å². The minimum Gasteiger partial charge on any atom is -0.467 e. The first kappa shape index (κ1) is 16.7. The number of benzene rings is 1. The highest BCUT2D eigenvalue weighted by Gasteiger charge is 2.21. The van der Waals surface area contributed by atoms with Crippen LogP contribution in [0.15, 0.2) is 22.7 Å². The van der Waals surface area contributed by atoms with Gasteiger partial charge in [-0.25, -0.2) is 4.79 Å². The first-order valence-electron chi connectivity index (χ1n) is 6.13. The van der Waals surface area contributed by atoms with E-state index in [0.717, 1.165) is 10.0 Å². The van der Waals surface area contributed by atoms with Crippen LogP contribution in [0.2, 0.25) is 0 Å². The van der Waals surface area contributed by atoms with Gasteiger partial charge in [0.15, 0.2) is 0 Å². The average Bonchev–Trinajstić information content (AvgIpc) is 2.45. The quantitative estimate of drug-likeness (QED) is 0.803. The molecule has 1 rings (SSSR count). The maximum atomic E-state index is 12.1. The summed E-state index contributed by atoms with van der Waals surface area (Å²) in [5.41, 5.74) is 1.45. The molecule has 0 bridgehead atoms. The second-order valence-electron chi connectivity index (χ2n) is 4.29. The van der Waals surface area contributed by atoms with Crippen LogP contribution < -0.4 is 5.32 Å². The van der Waals surface area contributed by atoms with Gasteiger partial charge in [0.25, 0.3) is 5.91 Å². The van der Waals surface area contributed by atoms with Gasteiger partial charge in [0.2, 0.25) is 0 Å².